The average molecular weight is 234 g/mol. The van der Waals surface area contributed by atoms with Gasteiger partial charge in [-0.15, -0.1) is 0 Å². The van der Waals surface area contributed by atoms with Crippen LogP contribution in [0.3, 0.4) is 0 Å². The third-order valence-electron chi connectivity index (χ3n) is 3.02. The Morgan fingerprint density at radius 1 is 1.12 bits per heavy atom. The van der Waals surface area contributed by atoms with Gasteiger partial charge in [0, 0.05) is 13.6 Å². The van der Waals surface area contributed by atoms with E-state index in [1.54, 1.807) is 0 Å². The lowest BCUT2D eigenvalue weighted by Gasteiger charge is -2.17. The van der Waals surface area contributed by atoms with Crippen molar-refractivity contribution in [3.8, 4) is 0 Å². The molecule has 1 aliphatic rings. The number of hydrogen-bond acceptors (Lipinski definition) is 2. The summed E-state index contributed by atoms with van der Waals surface area (Å²) in [6.07, 6.45) is 16.4. The fourth-order valence-corrected chi connectivity index (χ4v) is 2.03. The third-order valence-corrected chi connectivity index (χ3v) is 3.02. The van der Waals surface area contributed by atoms with E-state index < -0.39 is 0 Å². The zero-order valence-corrected chi connectivity index (χ0v) is 11.3. The summed E-state index contributed by atoms with van der Waals surface area (Å²) in [4.78, 5) is 0. The van der Waals surface area contributed by atoms with Crippen LogP contribution in [-0.2, 0) is 0 Å². The highest BCUT2D eigenvalue weighted by Crippen LogP contribution is 2.13. The molecule has 0 spiro atoms. The highest BCUT2D eigenvalue weighted by atomic mass is 15.0. The normalized spacial score (nSPS) is 15.6. The lowest BCUT2D eigenvalue weighted by Crippen LogP contribution is -2.23. The Morgan fingerprint density at radius 2 is 1.88 bits per heavy atom. The van der Waals surface area contributed by atoms with E-state index in [9.17, 15) is 0 Å². The van der Waals surface area contributed by atoms with Gasteiger partial charge in [-0.25, -0.2) is 0 Å². The van der Waals surface area contributed by atoms with Crippen LogP contribution in [0.25, 0.3) is 0 Å². The van der Waals surface area contributed by atoms with Gasteiger partial charge in [-0.3, -0.25) is 0 Å². The SMILES string of the molecule is C/C=C\CCCCCNC1=CCCC=C1NC. The maximum absolute atomic E-state index is 3.53. The van der Waals surface area contributed by atoms with E-state index in [1.165, 1.54) is 37.1 Å². The van der Waals surface area contributed by atoms with Crippen molar-refractivity contribution < 1.29 is 0 Å². The Bertz CT molecular complexity index is 287. The smallest absolute Gasteiger partial charge is 0.0532 e. The first-order chi connectivity index (χ1) is 8.38. The summed E-state index contributed by atoms with van der Waals surface area (Å²) in [7, 11) is 1.99. The first-order valence-corrected chi connectivity index (χ1v) is 6.82. The summed E-state index contributed by atoms with van der Waals surface area (Å²) in [6, 6.07) is 0. The van der Waals surface area contributed by atoms with E-state index in [0.29, 0.717) is 0 Å². The molecule has 0 amide bonds. The van der Waals surface area contributed by atoms with E-state index in [1.807, 2.05) is 7.05 Å². The van der Waals surface area contributed by atoms with Gasteiger partial charge in [-0.1, -0.05) is 30.7 Å². The van der Waals surface area contributed by atoms with Gasteiger partial charge in [-0.2, -0.15) is 0 Å². The number of unbranched alkanes of at least 4 members (excludes halogenated alkanes) is 3. The highest BCUT2D eigenvalue weighted by molar-refractivity contribution is 5.30. The summed E-state index contributed by atoms with van der Waals surface area (Å²) < 4.78 is 0. The van der Waals surface area contributed by atoms with Crippen LogP contribution in [0, 0.1) is 0 Å². The van der Waals surface area contributed by atoms with Crippen LogP contribution in [0.2, 0.25) is 0 Å². The zero-order chi connectivity index (χ0) is 12.3. The van der Waals surface area contributed by atoms with Gasteiger partial charge in [0.2, 0.25) is 0 Å². The molecule has 0 unspecified atom stereocenters. The monoisotopic (exact) mass is 234 g/mol. The standard InChI is InChI=1S/C15H26N2/c1-3-4-5-6-7-10-13-17-15-12-9-8-11-14(15)16-2/h3-4,11-12,16-17H,5-10,13H2,1-2H3/b4-3-. The van der Waals surface area contributed by atoms with Crippen LogP contribution in [-0.4, -0.2) is 13.6 Å². The minimum atomic E-state index is 1.08. The van der Waals surface area contributed by atoms with Gasteiger partial charge < -0.3 is 10.6 Å². The molecule has 0 aromatic heterocycles. The van der Waals surface area contributed by atoms with Crippen LogP contribution in [0.1, 0.15) is 45.4 Å². The summed E-state index contributed by atoms with van der Waals surface area (Å²) in [6.45, 7) is 3.17. The maximum atomic E-state index is 3.53. The number of likely N-dealkylation sites (N-methyl/N-ethyl adjacent to an activating group) is 1. The van der Waals surface area contributed by atoms with Crippen molar-refractivity contribution in [1.29, 1.82) is 0 Å². The first-order valence-electron chi connectivity index (χ1n) is 6.82. The minimum absolute atomic E-state index is 1.08. The molecule has 1 rings (SSSR count). The Kier molecular flexibility index (Phi) is 7.28. The second-order valence-corrected chi connectivity index (χ2v) is 4.41. The summed E-state index contributed by atoms with van der Waals surface area (Å²) in [5, 5.41) is 6.77. The number of nitrogens with one attached hydrogen (secondary N) is 2. The van der Waals surface area contributed by atoms with Crippen molar-refractivity contribution in [2.24, 2.45) is 0 Å². The lowest BCUT2D eigenvalue weighted by atomic mass is 10.1. The molecule has 1 aliphatic carbocycles. The van der Waals surface area contributed by atoms with Gasteiger partial charge >= 0.3 is 0 Å². The molecule has 0 saturated heterocycles. The van der Waals surface area contributed by atoms with Gasteiger partial charge in [0.25, 0.3) is 0 Å². The molecule has 2 N–H and O–H groups in total. The van der Waals surface area contributed by atoms with Crippen LogP contribution in [0.4, 0.5) is 0 Å². The summed E-state index contributed by atoms with van der Waals surface area (Å²) in [5.74, 6) is 0. The number of allylic oxidation sites excluding steroid dienone is 4. The fourth-order valence-electron chi connectivity index (χ4n) is 2.03. The molecule has 0 bridgehead atoms. The molecule has 0 aliphatic heterocycles. The minimum Gasteiger partial charge on any atom is -0.387 e. The molecular formula is C15H26N2. The first kappa shape index (κ1) is 13.9. The summed E-state index contributed by atoms with van der Waals surface area (Å²) >= 11 is 0. The molecule has 2 nitrogen and oxygen atoms in total. The van der Waals surface area contributed by atoms with Crippen molar-refractivity contribution in [1.82, 2.24) is 10.6 Å². The van der Waals surface area contributed by atoms with Gasteiger partial charge in [-0.05, 0) is 39.0 Å². The van der Waals surface area contributed by atoms with E-state index in [4.69, 9.17) is 0 Å². The second kappa shape index (κ2) is 8.91. The molecule has 2 heteroatoms. The van der Waals surface area contributed by atoms with Crippen LogP contribution >= 0.6 is 0 Å². The Balaban J connectivity index is 2.10. The van der Waals surface area contributed by atoms with E-state index >= 15 is 0 Å². The molecule has 0 atom stereocenters. The Morgan fingerprint density at radius 3 is 2.59 bits per heavy atom. The molecule has 0 fully saturated rings. The van der Waals surface area contributed by atoms with Crippen LogP contribution < -0.4 is 10.6 Å². The van der Waals surface area contributed by atoms with Crippen LogP contribution in [0.15, 0.2) is 35.7 Å². The highest BCUT2D eigenvalue weighted by Gasteiger charge is 2.05. The van der Waals surface area contributed by atoms with Gasteiger partial charge in [0.05, 0.1) is 11.4 Å². The van der Waals surface area contributed by atoms with Crippen molar-refractivity contribution in [2.75, 3.05) is 13.6 Å². The maximum Gasteiger partial charge on any atom is 0.0532 e. The fraction of sp³-hybridized carbons (Fsp3) is 0.600. The quantitative estimate of drug-likeness (QED) is 0.496. The number of rotatable bonds is 8. The van der Waals surface area contributed by atoms with Crippen molar-refractivity contribution in [3.05, 3.63) is 35.7 Å². The van der Waals surface area contributed by atoms with Crippen LogP contribution in [0.5, 0.6) is 0 Å². The second-order valence-electron chi connectivity index (χ2n) is 4.41. The molecule has 0 saturated carbocycles. The summed E-state index contributed by atoms with van der Waals surface area (Å²) in [5.41, 5.74) is 2.54. The van der Waals surface area contributed by atoms with E-state index in [0.717, 1.165) is 19.4 Å². The topological polar surface area (TPSA) is 24.1 Å². The van der Waals surface area contributed by atoms with Gasteiger partial charge in [0.15, 0.2) is 0 Å². The zero-order valence-electron chi connectivity index (χ0n) is 11.3. The molecule has 0 aromatic rings. The molecule has 0 aromatic carbocycles. The van der Waals surface area contributed by atoms with E-state index in [-0.39, 0.29) is 0 Å². The molecule has 0 radical (unpaired) electrons. The predicted octanol–water partition coefficient (Wildman–Crippen LogP) is 3.49. The molecule has 96 valence electrons. The third kappa shape index (κ3) is 5.62. The van der Waals surface area contributed by atoms with Crippen molar-refractivity contribution in [3.63, 3.8) is 0 Å². The average Bonchev–Trinajstić information content (AvgIpc) is 2.38. The molecule has 0 heterocycles. The van der Waals surface area contributed by atoms with E-state index in [2.05, 4.69) is 41.9 Å². The largest absolute Gasteiger partial charge is 0.387 e. The molecule has 17 heavy (non-hydrogen) atoms. The van der Waals surface area contributed by atoms with Crippen molar-refractivity contribution in [2.45, 2.75) is 45.4 Å². The van der Waals surface area contributed by atoms with Crippen molar-refractivity contribution >= 4 is 0 Å². The van der Waals surface area contributed by atoms with Gasteiger partial charge in [0.1, 0.15) is 0 Å². The number of hydrogen-bond donors (Lipinski definition) is 2. The predicted molar refractivity (Wildman–Crippen MR) is 75.7 cm³/mol. The lowest BCUT2D eigenvalue weighted by molar-refractivity contribution is 0.643. The molecular weight excluding hydrogens is 208 g/mol. The Hall–Kier alpha value is -1.18. The Labute approximate surface area is 106 Å².